The first kappa shape index (κ1) is 26.7. The molecule has 0 saturated heterocycles. The molecule has 0 atom stereocenters. The van der Waals surface area contributed by atoms with Crippen LogP contribution in [0.25, 0.3) is 10.8 Å². The number of hydrogen-bond acceptors (Lipinski definition) is 10. The normalized spacial score (nSPS) is 12.2. The van der Waals surface area contributed by atoms with E-state index in [1.54, 1.807) is 6.07 Å². The Hall–Kier alpha value is -4.40. The summed E-state index contributed by atoms with van der Waals surface area (Å²) in [7, 11) is -9.44. The van der Waals surface area contributed by atoms with Gasteiger partial charge in [-0.3, -0.25) is 19.2 Å². The maximum Gasteiger partial charge on any atom is 0.356 e. The molecule has 6 N–H and O–H groups in total. The fourth-order valence-corrected chi connectivity index (χ4v) is 4.71. The van der Waals surface area contributed by atoms with Crippen LogP contribution >= 0.6 is 7.60 Å². The summed E-state index contributed by atoms with van der Waals surface area (Å²) >= 11 is 0. The lowest BCUT2D eigenvalue weighted by Gasteiger charge is -2.12. The number of non-ortho nitro benzene ring substituents is 1. The van der Waals surface area contributed by atoms with E-state index in [2.05, 4.69) is 15.5 Å². The zero-order valence-corrected chi connectivity index (χ0v) is 20.5. The molecule has 16 heteroatoms. The lowest BCUT2D eigenvalue weighted by Crippen LogP contribution is -2.04. The van der Waals surface area contributed by atoms with Crippen molar-refractivity contribution < 1.29 is 42.5 Å². The Morgan fingerprint density at radius 1 is 0.921 bits per heavy atom. The van der Waals surface area contributed by atoms with E-state index in [0.29, 0.717) is 11.4 Å². The van der Waals surface area contributed by atoms with Crippen molar-refractivity contribution in [3.63, 3.8) is 0 Å². The van der Waals surface area contributed by atoms with Gasteiger partial charge in [0.15, 0.2) is 5.75 Å². The van der Waals surface area contributed by atoms with Crippen molar-refractivity contribution in [2.75, 3.05) is 5.32 Å². The quantitative estimate of drug-likeness (QED) is 0.0610. The first-order valence-corrected chi connectivity index (χ1v) is 13.4. The Labute approximate surface area is 213 Å². The lowest BCUT2D eigenvalue weighted by atomic mass is 10.1. The van der Waals surface area contributed by atoms with Crippen LogP contribution in [0, 0.1) is 10.1 Å². The van der Waals surface area contributed by atoms with E-state index in [9.17, 15) is 47.6 Å². The van der Waals surface area contributed by atoms with Gasteiger partial charge in [0, 0.05) is 22.8 Å². The van der Waals surface area contributed by atoms with Gasteiger partial charge in [-0.1, -0.05) is 6.07 Å². The van der Waals surface area contributed by atoms with Crippen molar-refractivity contribution >= 4 is 62.2 Å². The number of fused-ring (bicyclic) bond motifs is 1. The number of nitro groups is 1. The minimum Gasteiger partial charge on any atom is -0.505 e. The number of azo groups is 1. The molecule has 0 amide bonds. The van der Waals surface area contributed by atoms with Crippen molar-refractivity contribution in [1.82, 2.24) is 0 Å². The van der Waals surface area contributed by atoms with Gasteiger partial charge in [-0.2, -0.15) is 8.42 Å². The van der Waals surface area contributed by atoms with Crippen molar-refractivity contribution in [2.24, 2.45) is 10.2 Å². The first-order valence-electron chi connectivity index (χ1n) is 10.3. The Kier molecular flexibility index (Phi) is 6.88. The number of nitro benzene ring substituents is 1. The predicted octanol–water partition coefficient (Wildman–Crippen LogP) is 4.37. The Balaban J connectivity index is 1.77. The maximum absolute atomic E-state index is 12.1. The molecule has 0 unspecified atom stereocenters. The standard InChI is InChI=1S/C22H17N4O10PS/c27-19-11-15(26(29)30)5-7-18(19)24-25-21-20(38(34,35)36)9-12-8-14(4-6-17(12)22(21)28)23-13-2-1-3-16(10-13)37(31,32)33/h1-11,23,27-28H,(H2,31,32,33)(H,34,35,36). The third-order valence-corrected chi connectivity index (χ3v) is 7.05. The smallest absolute Gasteiger partial charge is 0.356 e. The van der Waals surface area contributed by atoms with Crippen LogP contribution < -0.4 is 10.6 Å². The van der Waals surface area contributed by atoms with Gasteiger partial charge in [0.25, 0.3) is 15.8 Å². The monoisotopic (exact) mass is 560 g/mol. The molecule has 0 bridgehead atoms. The highest BCUT2D eigenvalue weighted by Crippen LogP contribution is 2.43. The molecule has 0 aliphatic carbocycles. The zero-order chi connectivity index (χ0) is 27.8. The second kappa shape index (κ2) is 9.81. The van der Waals surface area contributed by atoms with Crippen LogP contribution in [0.15, 0.2) is 81.9 Å². The molecule has 0 aliphatic rings. The van der Waals surface area contributed by atoms with Gasteiger partial charge < -0.3 is 25.3 Å². The molecule has 4 aromatic carbocycles. The van der Waals surface area contributed by atoms with Gasteiger partial charge in [0.2, 0.25) is 0 Å². The molecule has 0 aromatic heterocycles. The van der Waals surface area contributed by atoms with E-state index in [-0.39, 0.29) is 21.8 Å². The lowest BCUT2D eigenvalue weighted by molar-refractivity contribution is -0.384. The molecule has 0 aliphatic heterocycles. The van der Waals surface area contributed by atoms with Gasteiger partial charge in [0.05, 0.1) is 16.3 Å². The fourth-order valence-electron chi connectivity index (χ4n) is 3.47. The summed E-state index contributed by atoms with van der Waals surface area (Å²) in [6, 6.07) is 13.7. The second-order valence-corrected chi connectivity index (χ2v) is 10.8. The summed E-state index contributed by atoms with van der Waals surface area (Å²) in [6.07, 6.45) is 0. The van der Waals surface area contributed by atoms with Crippen LogP contribution in [0.3, 0.4) is 0 Å². The molecule has 0 spiro atoms. The number of phenolic OH excluding ortho intramolecular Hbond substituents is 2. The molecule has 196 valence electrons. The maximum atomic E-state index is 12.1. The minimum atomic E-state index is -4.95. The predicted molar refractivity (Wildman–Crippen MR) is 136 cm³/mol. The molecule has 4 rings (SSSR count). The highest BCUT2D eigenvalue weighted by atomic mass is 32.2. The van der Waals surface area contributed by atoms with Gasteiger partial charge >= 0.3 is 7.60 Å². The van der Waals surface area contributed by atoms with Crippen LogP contribution in [-0.4, -0.2) is 37.9 Å². The highest BCUT2D eigenvalue weighted by Gasteiger charge is 2.23. The van der Waals surface area contributed by atoms with E-state index in [1.165, 1.54) is 36.4 Å². The van der Waals surface area contributed by atoms with E-state index >= 15 is 0 Å². The molecule has 38 heavy (non-hydrogen) atoms. The number of hydrogen-bond donors (Lipinski definition) is 6. The van der Waals surface area contributed by atoms with Crippen molar-refractivity contribution in [3.8, 4) is 11.5 Å². The Morgan fingerprint density at radius 2 is 1.63 bits per heavy atom. The Morgan fingerprint density at radius 3 is 2.26 bits per heavy atom. The summed E-state index contributed by atoms with van der Waals surface area (Å²) in [6.45, 7) is 0. The summed E-state index contributed by atoms with van der Waals surface area (Å²) in [5.41, 5.74) is -0.670. The minimum absolute atomic E-state index is 0.105. The van der Waals surface area contributed by atoms with Crippen LogP contribution in [0.1, 0.15) is 0 Å². The van der Waals surface area contributed by atoms with Crippen LogP contribution in [0.5, 0.6) is 11.5 Å². The molecule has 0 radical (unpaired) electrons. The number of rotatable bonds is 7. The van der Waals surface area contributed by atoms with Gasteiger partial charge in [0.1, 0.15) is 22.0 Å². The molecular weight excluding hydrogens is 543 g/mol. The number of nitrogens with zero attached hydrogens (tertiary/aromatic N) is 3. The summed E-state index contributed by atoms with van der Waals surface area (Å²) < 4.78 is 45.4. The second-order valence-electron chi connectivity index (χ2n) is 7.83. The average molecular weight is 560 g/mol. The van der Waals surface area contributed by atoms with Crippen molar-refractivity contribution in [1.29, 1.82) is 0 Å². The number of phenols is 2. The zero-order valence-electron chi connectivity index (χ0n) is 18.8. The van der Waals surface area contributed by atoms with Gasteiger partial charge in [-0.05, 0) is 53.9 Å². The highest BCUT2D eigenvalue weighted by molar-refractivity contribution is 7.86. The summed E-state index contributed by atoms with van der Waals surface area (Å²) in [4.78, 5) is 28.0. The molecule has 0 saturated carbocycles. The van der Waals surface area contributed by atoms with Gasteiger partial charge in [-0.15, -0.1) is 10.2 Å². The van der Waals surface area contributed by atoms with Crippen molar-refractivity contribution in [2.45, 2.75) is 4.90 Å². The SMILES string of the molecule is O=[N+]([O-])c1ccc(N=Nc2c(S(=O)(=O)O)cc3cc(Nc4cccc(P(=O)(O)O)c4)ccc3c2O)c(O)c1. The number of benzene rings is 4. The van der Waals surface area contributed by atoms with Crippen LogP contribution in [-0.2, 0) is 14.7 Å². The van der Waals surface area contributed by atoms with E-state index in [0.717, 1.165) is 24.3 Å². The molecular formula is C22H17N4O10PS. The van der Waals surface area contributed by atoms with Crippen LogP contribution in [0.2, 0.25) is 0 Å². The largest absolute Gasteiger partial charge is 0.505 e. The third kappa shape index (κ3) is 5.61. The summed E-state index contributed by atoms with van der Waals surface area (Å²) in [5.74, 6) is -1.30. The van der Waals surface area contributed by atoms with E-state index in [4.69, 9.17) is 0 Å². The third-order valence-electron chi connectivity index (χ3n) is 5.23. The Bertz CT molecular complexity index is 1790. The van der Waals surface area contributed by atoms with E-state index in [1.807, 2.05) is 0 Å². The van der Waals surface area contributed by atoms with Gasteiger partial charge in [-0.25, -0.2) is 0 Å². The summed E-state index contributed by atoms with van der Waals surface area (Å²) in [5, 5.41) is 41.8. The van der Waals surface area contributed by atoms with E-state index < -0.39 is 50.4 Å². The topological polar surface area (TPSA) is 232 Å². The number of aromatic hydroxyl groups is 2. The molecule has 0 fully saturated rings. The number of anilines is 2. The molecule has 0 heterocycles. The first-order chi connectivity index (χ1) is 17.7. The van der Waals surface area contributed by atoms with Crippen LogP contribution in [0.4, 0.5) is 28.4 Å². The number of nitrogens with one attached hydrogen (secondary N) is 1. The van der Waals surface area contributed by atoms with Crippen molar-refractivity contribution in [3.05, 3.63) is 76.8 Å². The molecule has 14 nitrogen and oxygen atoms in total. The fraction of sp³-hybridized carbons (Fsp3) is 0. The average Bonchev–Trinajstić information content (AvgIpc) is 2.83. The molecule has 4 aromatic rings.